The molecule has 1 aromatic heterocycles. The third-order valence-electron chi connectivity index (χ3n) is 2.59. The predicted octanol–water partition coefficient (Wildman–Crippen LogP) is 2.88. The average molecular weight is 226 g/mol. The second kappa shape index (κ2) is 5.46. The zero-order valence-electron chi connectivity index (χ0n) is 11.0. The van der Waals surface area contributed by atoms with Gasteiger partial charge in [-0.2, -0.15) is 0 Å². The summed E-state index contributed by atoms with van der Waals surface area (Å²) < 4.78 is 12.5. The van der Waals surface area contributed by atoms with Crippen molar-refractivity contribution in [2.24, 2.45) is 0 Å². The number of rotatable bonds is 5. The van der Waals surface area contributed by atoms with Crippen LogP contribution in [0.2, 0.25) is 0 Å². The van der Waals surface area contributed by atoms with E-state index in [0.717, 1.165) is 5.69 Å². The van der Waals surface area contributed by atoms with Gasteiger partial charge in [0.15, 0.2) is 0 Å². The summed E-state index contributed by atoms with van der Waals surface area (Å²) in [6, 6.07) is 0. The molecule has 0 aromatic carbocycles. The van der Waals surface area contributed by atoms with E-state index in [4.69, 9.17) is 9.47 Å². The van der Waals surface area contributed by atoms with E-state index in [0.29, 0.717) is 11.8 Å². The zero-order chi connectivity index (χ0) is 12.3. The predicted molar refractivity (Wildman–Crippen MR) is 63.5 cm³/mol. The molecule has 0 aliphatic heterocycles. The smallest absolute Gasteiger partial charge is 0.244 e. The van der Waals surface area contributed by atoms with Crippen molar-refractivity contribution in [3.05, 3.63) is 17.7 Å². The van der Waals surface area contributed by atoms with E-state index in [1.807, 2.05) is 4.57 Å². The summed E-state index contributed by atoms with van der Waals surface area (Å²) in [5.74, 6) is 0.806. The molecular formula is C12H22N2O2. The Morgan fingerprint density at radius 2 is 1.62 bits per heavy atom. The van der Waals surface area contributed by atoms with Gasteiger partial charge in [0.25, 0.3) is 0 Å². The minimum atomic E-state index is -0.391. The second-order valence-corrected chi connectivity index (χ2v) is 4.51. The number of hydrogen-bond donors (Lipinski definition) is 0. The van der Waals surface area contributed by atoms with Crippen molar-refractivity contribution < 1.29 is 9.47 Å². The van der Waals surface area contributed by atoms with Gasteiger partial charge in [0.05, 0.1) is 12.0 Å². The molecule has 0 amide bonds. The van der Waals surface area contributed by atoms with Crippen molar-refractivity contribution in [1.82, 2.24) is 9.55 Å². The molecule has 1 aromatic rings. The van der Waals surface area contributed by atoms with Crippen molar-refractivity contribution in [2.75, 3.05) is 14.2 Å². The lowest BCUT2D eigenvalue weighted by molar-refractivity contribution is -0.157. The molecule has 0 unspecified atom stereocenters. The van der Waals surface area contributed by atoms with Crippen LogP contribution in [0.5, 0.6) is 0 Å². The molecule has 0 aliphatic carbocycles. The lowest BCUT2D eigenvalue weighted by Crippen LogP contribution is -2.16. The van der Waals surface area contributed by atoms with Crippen LogP contribution in [0.4, 0.5) is 0 Å². The first-order valence-electron chi connectivity index (χ1n) is 5.65. The first-order valence-corrected chi connectivity index (χ1v) is 5.65. The Bertz CT molecular complexity index is 328. The monoisotopic (exact) mass is 226 g/mol. The molecule has 0 saturated carbocycles. The van der Waals surface area contributed by atoms with Crippen LogP contribution in [-0.4, -0.2) is 23.8 Å². The first kappa shape index (κ1) is 13.2. The van der Waals surface area contributed by atoms with Crippen LogP contribution in [-0.2, 0) is 9.47 Å². The molecule has 0 radical (unpaired) electrons. The molecule has 4 heteroatoms. The lowest BCUT2D eigenvalue weighted by Gasteiger charge is -2.20. The summed E-state index contributed by atoms with van der Waals surface area (Å²) in [5, 5.41) is 0. The molecule has 0 fully saturated rings. The number of hydrogen-bond acceptors (Lipinski definition) is 3. The Labute approximate surface area is 97.6 Å². The van der Waals surface area contributed by atoms with E-state index in [2.05, 4.69) is 32.7 Å². The van der Waals surface area contributed by atoms with Gasteiger partial charge in [0.2, 0.25) is 6.41 Å². The Balaban J connectivity index is 3.19. The quantitative estimate of drug-likeness (QED) is 0.724. The Morgan fingerprint density at radius 3 is 2.00 bits per heavy atom. The minimum absolute atomic E-state index is 0.391. The van der Waals surface area contributed by atoms with Gasteiger partial charge in [-0.1, -0.05) is 27.7 Å². The van der Waals surface area contributed by atoms with E-state index in [1.54, 1.807) is 20.5 Å². The van der Waals surface area contributed by atoms with Gasteiger partial charge in [0.1, 0.15) is 0 Å². The standard InChI is InChI=1S/C12H22N2O2/c1-8(2)10-11(9(3)4)14(7-13-10)12(15-5)16-6/h7-9,12H,1-6H3. The van der Waals surface area contributed by atoms with Gasteiger partial charge in [-0.15, -0.1) is 0 Å². The zero-order valence-corrected chi connectivity index (χ0v) is 11.0. The van der Waals surface area contributed by atoms with Crippen LogP contribution in [0.15, 0.2) is 6.33 Å². The van der Waals surface area contributed by atoms with Crippen molar-refractivity contribution in [3.63, 3.8) is 0 Å². The van der Waals surface area contributed by atoms with Gasteiger partial charge >= 0.3 is 0 Å². The normalized spacial score (nSPS) is 12.1. The van der Waals surface area contributed by atoms with Gasteiger partial charge in [-0.25, -0.2) is 4.98 Å². The topological polar surface area (TPSA) is 36.3 Å². The summed E-state index contributed by atoms with van der Waals surface area (Å²) in [5.41, 5.74) is 2.30. The average Bonchev–Trinajstić information content (AvgIpc) is 2.64. The fourth-order valence-electron chi connectivity index (χ4n) is 1.92. The van der Waals surface area contributed by atoms with Crippen molar-refractivity contribution in [3.8, 4) is 0 Å². The van der Waals surface area contributed by atoms with E-state index in [-0.39, 0.29) is 0 Å². The fraction of sp³-hybridized carbons (Fsp3) is 0.750. The molecular weight excluding hydrogens is 204 g/mol. The van der Waals surface area contributed by atoms with Crippen molar-refractivity contribution >= 4 is 0 Å². The van der Waals surface area contributed by atoms with Crippen LogP contribution >= 0.6 is 0 Å². The molecule has 1 heterocycles. The summed E-state index contributed by atoms with van der Waals surface area (Å²) >= 11 is 0. The number of nitrogens with zero attached hydrogens (tertiary/aromatic N) is 2. The molecule has 92 valence electrons. The largest absolute Gasteiger partial charge is 0.338 e. The van der Waals surface area contributed by atoms with Crippen LogP contribution < -0.4 is 0 Å². The van der Waals surface area contributed by atoms with Gasteiger partial charge in [0, 0.05) is 19.9 Å². The summed E-state index contributed by atoms with van der Waals surface area (Å²) in [4.78, 5) is 4.46. The summed E-state index contributed by atoms with van der Waals surface area (Å²) in [6.07, 6.45) is 1.40. The van der Waals surface area contributed by atoms with Crippen LogP contribution in [0.1, 0.15) is 57.3 Å². The van der Waals surface area contributed by atoms with Gasteiger partial charge < -0.3 is 9.47 Å². The molecule has 0 N–H and O–H groups in total. The fourth-order valence-corrected chi connectivity index (χ4v) is 1.92. The maximum Gasteiger partial charge on any atom is 0.244 e. The molecule has 0 bridgehead atoms. The molecule has 0 saturated heterocycles. The second-order valence-electron chi connectivity index (χ2n) is 4.51. The lowest BCUT2D eigenvalue weighted by atomic mass is 10.0. The highest BCUT2D eigenvalue weighted by molar-refractivity contribution is 5.20. The molecule has 4 nitrogen and oxygen atoms in total. The Kier molecular flexibility index (Phi) is 4.50. The maximum absolute atomic E-state index is 5.27. The highest BCUT2D eigenvalue weighted by Gasteiger charge is 2.21. The molecule has 16 heavy (non-hydrogen) atoms. The van der Waals surface area contributed by atoms with Crippen LogP contribution in [0, 0.1) is 0 Å². The third kappa shape index (κ3) is 2.44. The van der Waals surface area contributed by atoms with E-state index in [1.165, 1.54) is 5.69 Å². The van der Waals surface area contributed by atoms with Crippen LogP contribution in [0.25, 0.3) is 0 Å². The Hall–Kier alpha value is -0.870. The number of aromatic nitrogens is 2. The minimum Gasteiger partial charge on any atom is -0.338 e. The summed E-state index contributed by atoms with van der Waals surface area (Å²) in [7, 11) is 3.26. The number of imidazole rings is 1. The summed E-state index contributed by atoms with van der Waals surface area (Å²) in [6.45, 7) is 8.60. The highest BCUT2D eigenvalue weighted by atomic mass is 16.7. The van der Waals surface area contributed by atoms with E-state index in [9.17, 15) is 0 Å². The first-order chi connectivity index (χ1) is 7.52. The van der Waals surface area contributed by atoms with Crippen LogP contribution in [0.3, 0.4) is 0 Å². The van der Waals surface area contributed by atoms with E-state index >= 15 is 0 Å². The van der Waals surface area contributed by atoms with Gasteiger partial charge in [-0.05, 0) is 11.8 Å². The maximum atomic E-state index is 5.27. The molecule has 0 spiro atoms. The highest BCUT2D eigenvalue weighted by Crippen LogP contribution is 2.27. The van der Waals surface area contributed by atoms with E-state index < -0.39 is 6.41 Å². The molecule has 0 aliphatic rings. The van der Waals surface area contributed by atoms with Gasteiger partial charge in [-0.3, -0.25) is 4.57 Å². The Morgan fingerprint density at radius 1 is 1.06 bits per heavy atom. The van der Waals surface area contributed by atoms with Crippen molar-refractivity contribution in [2.45, 2.75) is 45.9 Å². The SMILES string of the molecule is COC(OC)n1cnc(C(C)C)c1C(C)C. The molecule has 1 rings (SSSR count). The molecule has 0 atom stereocenters. The van der Waals surface area contributed by atoms with Crippen molar-refractivity contribution in [1.29, 1.82) is 0 Å². The third-order valence-corrected chi connectivity index (χ3v) is 2.59. The number of ether oxygens (including phenoxy) is 2. The number of methoxy groups -OCH3 is 2.